The number of pyridine rings is 1. The zero-order valence-electron chi connectivity index (χ0n) is 12.2. The lowest BCUT2D eigenvalue weighted by molar-refractivity contribution is 0.102. The SMILES string of the molecule is Cc1cccc(-c2cc(C)cc(C(=O)Nc3nn[nH]n3)n2)c1. The quantitative estimate of drug-likeness (QED) is 0.771. The number of aryl methyl sites for hydroxylation is 2. The number of carbonyl (C=O) groups excluding carboxylic acids is 1. The van der Waals surface area contributed by atoms with E-state index < -0.39 is 0 Å². The Hall–Kier alpha value is -3.09. The third-order valence-electron chi connectivity index (χ3n) is 3.09. The number of H-pyrrole nitrogens is 1. The Bertz CT molecular complexity index is 813. The molecular formula is C15H14N6O. The summed E-state index contributed by atoms with van der Waals surface area (Å²) >= 11 is 0. The number of aromatic nitrogens is 5. The lowest BCUT2D eigenvalue weighted by atomic mass is 10.1. The summed E-state index contributed by atoms with van der Waals surface area (Å²) in [6, 6.07) is 11.6. The van der Waals surface area contributed by atoms with E-state index in [0.29, 0.717) is 5.69 Å². The number of anilines is 1. The van der Waals surface area contributed by atoms with Crippen LogP contribution in [-0.4, -0.2) is 31.5 Å². The highest BCUT2D eigenvalue weighted by Gasteiger charge is 2.12. The minimum atomic E-state index is -0.376. The Morgan fingerprint density at radius 2 is 2.00 bits per heavy atom. The summed E-state index contributed by atoms with van der Waals surface area (Å²) in [6.45, 7) is 3.94. The van der Waals surface area contributed by atoms with Crippen LogP contribution in [0.25, 0.3) is 11.3 Å². The maximum absolute atomic E-state index is 12.2. The molecule has 0 unspecified atom stereocenters. The summed E-state index contributed by atoms with van der Waals surface area (Å²) in [6.07, 6.45) is 0. The van der Waals surface area contributed by atoms with Gasteiger partial charge in [-0.25, -0.2) is 4.98 Å². The van der Waals surface area contributed by atoms with Gasteiger partial charge in [0.1, 0.15) is 5.69 Å². The second-order valence-corrected chi connectivity index (χ2v) is 4.97. The van der Waals surface area contributed by atoms with Crippen LogP contribution in [0, 0.1) is 13.8 Å². The lowest BCUT2D eigenvalue weighted by Gasteiger charge is -2.07. The average molecular weight is 294 g/mol. The normalized spacial score (nSPS) is 10.5. The van der Waals surface area contributed by atoms with Crippen LogP contribution in [0.3, 0.4) is 0 Å². The van der Waals surface area contributed by atoms with Gasteiger partial charge in [0.25, 0.3) is 11.9 Å². The number of nitrogens with one attached hydrogen (secondary N) is 2. The molecule has 2 N–H and O–H groups in total. The van der Waals surface area contributed by atoms with E-state index in [-0.39, 0.29) is 11.9 Å². The number of tetrazole rings is 1. The molecule has 0 aliphatic heterocycles. The first-order chi connectivity index (χ1) is 10.6. The lowest BCUT2D eigenvalue weighted by Crippen LogP contribution is -2.15. The average Bonchev–Trinajstić information content (AvgIpc) is 2.99. The van der Waals surface area contributed by atoms with Gasteiger partial charge in [-0.2, -0.15) is 5.21 Å². The molecule has 0 aliphatic rings. The van der Waals surface area contributed by atoms with E-state index in [0.717, 1.165) is 22.4 Å². The van der Waals surface area contributed by atoms with Crippen LogP contribution in [0.2, 0.25) is 0 Å². The van der Waals surface area contributed by atoms with E-state index in [1.165, 1.54) is 0 Å². The smallest absolute Gasteiger partial charge is 0.276 e. The van der Waals surface area contributed by atoms with Crippen molar-refractivity contribution in [3.8, 4) is 11.3 Å². The molecule has 0 aliphatic carbocycles. The van der Waals surface area contributed by atoms with Gasteiger partial charge < -0.3 is 0 Å². The predicted octanol–water partition coefficient (Wildman–Crippen LogP) is 2.13. The molecule has 0 bridgehead atoms. The fourth-order valence-corrected chi connectivity index (χ4v) is 2.12. The molecule has 0 saturated carbocycles. The van der Waals surface area contributed by atoms with Gasteiger partial charge >= 0.3 is 0 Å². The maximum Gasteiger partial charge on any atom is 0.276 e. The first kappa shape index (κ1) is 13.9. The standard InChI is InChI=1S/C15H14N6O/c1-9-4-3-5-11(6-9)12-7-10(2)8-13(16-12)14(22)17-15-18-20-21-19-15/h3-8H,1-2H3,(H2,17,18,19,20,21,22). The van der Waals surface area contributed by atoms with Crippen LogP contribution in [0.1, 0.15) is 21.6 Å². The molecule has 0 saturated heterocycles. The second kappa shape index (κ2) is 5.72. The second-order valence-electron chi connectivity index (χ2n) is 4.97. The van der Waals surface area contributed by atoms with E-state index >= 15 is 0 Å². The number of benzene rings is 1. The highest BCUT2D eigenvalue weighted by atomic mass is 16.2. The number of amides is 1. The Balaban J connectivity index is 1.94. The predicted molar refractivity (Wildman–Crippen MR) is 81.3 cm³/mol. The number of carbonyl (C=O) groups is 1. The molecule has 3 rings (SSSR count). The molecule has 2 heterocycles. The van der Waals surface area contributed by atoms with Crippen LogP contribution in [0.5, 0.6) is 0 Å². The van der Waals surface area contributed by atoms with Crippen molar-refractivity contribution in [1.29, 1.82) is 0 Å². The van der Waals surface area contributed by atoms with E-state index in [4.69, 9.17) is 0 Å². The van der Waals surface area contributed by atoms with Gasteiger partial charge in [0, 0.05) is 5.56 Å². The number of hydrogen-bond acceptors (Lipinski definition) is 5. The maximum atomic E-state index is 12.2. The minimum absolute atomic E-state index is 0.116. The van der Waals surface area contributed by atoms with Gasteiger partial charge in [-0.15, -0.1) is 5.10 Å². The van der Waals surface area contributed by atoms with Crippen LogP contribution >= 0.6 is 0 Å². The highest BCUT2D eigenvalue weighted by molar-refractivity contribution is 6.02. The van der Waals surface area contributed by atoms with Crippen LogP contribution in [-0.2, 0) is 0 Å². The van der Waals surface area contributed by atoms with E-state index in [9.17, 15) is 4.79 Å². The number of nitrogens with zero attached hydrogens (tertiary/aromatic N) is 4. The summed E-state index contributed by atoms with van der Waals surface area (Å²) in [5, 5.41) is 15.6. The third-order valence-corrected chi connectivity index (χ3v) is 3.09. The van der Waals surface area contributed by atoms with Gasteiger partial charge in [0.05, 0.1) is 5.69 Å². The van der Waals surface area contributed by atoms with Crippen molar-refractivity contribution >= 4 is 11.9 Å². The Kier molecular flexibility index (Phi) is 3.61. The van der Waals surface area contributed by atoms with Crippen molar-refractivity contribution < 1.29 is 4.79 Å². The molecule has 1 aromatic carbocycles. The molecule has 0 radical (unpaired) electrons. The third kappa shape index (κ3) is 2.98. The molecule has 7 nitrogen and oxygen atoms in total. The largest absolute Gasteiger partial charge is 0.286 e. The number of rotatable bonds is 3. The molecule has 0 fully saturated rings. The first-order valence-electron chi connectivity index (χ1n) is 6.72. The topological polar surface area (TPSA) is 96.5 Å². The van der Waals surface area contributed by atoms with Crippen molar-refractivity contribution in [2.24, 2.45) is 0 Å². The molecule has 22 heavy (non-hydrogen) atoms. The molecule has 3 aromatic rings. The molecule has 0 atom stereocenters. The van der Waals surface area contributed by atoms with Crippen molar-refractivity contribution in [1.82, 2.24) is 25.6 Å². The van der Waals surface area contributed by atoms with Crippen LogP contribution in [0.4, 0.5) is 5.95 Å². The van der Waals surface area contributed by atoms with Gasteiger partial charge in [0.2, 0.25) is 0 Å². The highest BCUT2D eigenvalue weighted by Crippen LogP contribution is 2.20. The Morgan fingerprint density at radius 1 is 1.14 bits per heavy atom. The van der Waals surface area contributed by atoms with Crippen molar-refractivity contribution in [2.75, 3.05) is 5.32 Å². The summed E-state index contributed by atoms with van der Waals surface area (Å²) in [5.41, 5.74) is 4.11. The van der Waals surface area contributed by atoms with Gasteiger partial charge in [0.15, 0.2) is 0 Å². The summed E-state index contributed by atoms with van der Waals surface area (Å²) in [4.78, 5) is 16.6. The summed E-state index contributed by atoms with van der Waals surface area (Å²) < 4.78 is 0. The van der Waals surface area contributed by atoms with Crippen LogP contribution < -0.4 is 5.32 Å². The monoisotopic (exact) mass is 294 g/mol. The fourth-order valence-electron chi connectivity index (χ4n) is 2.12. The Morgan fingerprint density at radius 3 is 2.73 bits per heavy atom. The first-order valence-corrected chi connectivity index (χ1v) is 6.72. The number of aromatic amines is 1. The van der Waals surface area contributed by atoms with Gasteiger partial charge in [-0.3, -0.25) is 10.1 Å². The minimum Gasteiger partial charge on any atom is -0.286 e. The zero-order chi connectivity index (χ0) is 15.5. The summed E-state index contributed by atoms with van der Waals surface area (Å²) in [7, 11) is 0. The fraction of sp³-hybridized carbons (Fsp3) is 0.133. The molecular weight excluding hydrogens is 280 g/mol. The van der Waals surface area contributed by atoms with Gasteiger partial charge in [-0.05, 0) is 42.8 Å². The van der Waals surface area contributed by atoms with E-state index in [1.54, 1.807) is 6.07 Å². The molecule has 110 valence electrons. The summed E-state index contributed by atoms with van der Waals surface area (Å²) in [5.74, 6) is -0.260. The molecule has 7 heteroatoms. The number of hydrogen-bond donors (Lipinski definition) is 2. The molecule has 1 amide bonds. The van der Waals surface area contributed by atoms with Crippen molar-refractivity contribution in [3.05, 3.63) is 53.2 Å². The van der Waals surface area contributed by atoms with Crippen molar-refractivity contribution in [3.63, 3.8) is 0 Å². The van der Waals surface area contributed by atoms with E-state index in [2.05, 4.69) is 30.9 Å². The molecule has 2 aromatic heterocycles. The van der Waals surface area contributed by atoms with Crippen LogP contribution in [0.15, 0.2) is 36.4 Å². The van der Waals surface area contributed by atoms with Gasteiger partial charge in [-0.1, -0.05) is 28.9 Å². The molecule has 0 spiro atoms. The Labute approximate surface area is 126 Å². The van der Waals surface area contributed by atoms with Crippen molar-refractivity contribution in [2.45, 2.75) is 13.8 Å². The van der Waals surface area contributed by atoms with E-state index in [1.807, 2.05) is 44.2 Å². The zero-order valence-corrected chi connectivity index (χ0v) is 12.2.